The maximum atomic E-state index is 2.75. The summed E-state index contributed by atoms with van der Waals surface area (Å²) in [4.78, 5) is 8.09. The van der Waals surface area contributed by atoms with Crippen LogP contribution in [0.2, 0.25) is 0 Å². The maximum Gasteiger partial charge on any atom is 0.264 e. The lowest BCUT2D eigenvalue weighted by Crippen LogP contribution is -2.61. The highest BCUT2D eigenvalue weighted by atomic mass is 32.1. The summed E-state index contributed by atoms with van der Waals surface area (Å²) in [5.41, 5.74) is 26.8. The van der Waals surface area contributed by atoms with Gasteiger partial charge in [-0.25, -0.2) is 0 Å². The molecule has 3 nitrogen and oxygen atoms in total. The van der Waals surface area contributed by atoms with Gasteiger partial charge in [0.1, 0.15) is 0 Å². The molecule has 5 aliphatic rings. The topological polar surface area (TPSA) is 9.72 Å². The smallest absolute Gasteiger partial charge is 0.264 e. The Morgan fingerprint density at radius 2 is 0.837 bits per heavy atom. The second kappa shape index (κ2) is 18.7. The number of anilines is 9. The Bertz CT molecular complexity index is 4300. The molecule has 430 valence electrons. The molecule has 0 unspecified atom stereocenters. The maximum absolute atomic E-state index is 2.75. The molecule has 0 saturated heterocycles. The number of benzene rings is 9. The molecular weight excluding hydrogens is 1060 g/mol. The molecule has 0 atom stereocenters. The third kappa shape index (κ3) is 8.04. The summed E-state index contributed by atoms with van der Waals surface area (Å²) in [5.74, 6) is 0. The van der Waals surface area contributed by atoms with Gasteiger partial charge in [-0.2, -0.15) is 0 Å². The van der Waals surface area contributed by atoms with Gasteiger partial charge in [0.2, 0.25) is 0 Å². The molecule has 3 aliphatic heterocycles. The molecule has 0 spiro atoms. The molecule has 5 heteroatoms. The molecule has 1 aromatic heterocycles. The number of nitrogens with zero attached hydrogens (tertiary/aromatic N) is 3. The number of hydrogen-bond acceptors (Lipinski definition) is 4. The molecule has 0 bridgehead atoms. The van der Waals surface area contributed by atoms with Crippen LogP contribution in [0.15, 0.2) is 194 Å². The van der Waals surface area contributed by atoms with Crippen LogP contribution in [0, 0.1) is 0 Å². The monoisotopic (exact) mass is 1140 g/mol. The molecule has 15 rings (SSSR count). The minimum Gasteiger partial charge on any atom is -0.311 e. The fraction of sp³-hybridized carbons (Fsp3) is 0.309. The normalized spacial score (nSPS) is 18.1. The van der Waals surface area contributed by atoms with E-state index in [1.165, 1.54) is 133 Å². The zero-order valence-corrected chi connectivity index (χ0v) is 53.9. The Labute approximate surface area is 516 Å². The molecule has 9 aromatic carbocycles. The zero-order chi connectivity index (χ0) is 59.8. The molecule has 0 radical (unpaired) electrons. The first kappa shape index (κ1) is 55.0. The van der Waals surface area contributed by atoms with Crippen LogP contribution < -0.4 is 30.4 Å². The van der Waals surface area contributed by atoms with Crippen LogP contribution in [0.3, 0.4) is 0 Å². The zero-order valence-electron chi connectivity index (χ0n) is 53.1. The summed E-state index contributed by atoms with van der Waals surface area (Å²) in [6.45, 7) is 34.0. The van der Waals surface area contributed by atoms with Crippen molar-refractivity contribution in [3.8, 4) is 0 Å². The highest BCUT2D eigenvalue weighted by Gasteiger charge is 2.51. The summed E-state index contributed by atoms with van der Waals surface area (Å²) in [7, 11) is 0. The Hall–Kier alpha value is -7.60. The van der Waals surface area contributed by atoms with E-state index in [1.807, 2.05) is 11.3 Å². The number of fused-ring (bicyclic) bond motifs is 10. The van der Waals surface area contributed by atoms with E-state index in [9.17, 15) is 0 Å². The highest BCUT2D eigenvalue weighted by Crippen LogP contribution is 2.60. The van der Waals surface area contributed by atoms with Crippen molar-refractivity contribution in [3.05, 3.63) is 250 Å². The van der Waals surface area contributed by atoms with Gasteiger partial charge in [0.25, 0.3) is 6.71 Å². The van der Waals surface area contributed by atoms with Crippen LogP contribution in [0.5, 0.6) is 0 Å². The molecule has 0 N–H and O–H groups in total. The summed E-state index contributed by atoms with van der Waals surface area (Å²) in [5, 5.41) is 1.32. The predicted molar refractivity (Wildman–Crippen MR) is 370 cm³/mol. The molecule has 0 amide bonds. The average molecular weight is 1140 g/mol. The van der Waals surface area contributed by atoms with Gasteiger partial charge in [-0.15, -0.1) is 11.3 Å². The molecule has 86 heavy (non-hydrogen) atoms. The van der Waals surface area contributed by atoms with Crippen molar-refractivity contribution in [2.75, 3.05) is 14.7 Å². The van der Waals surface area contributed by atoms with Crippen LogP contribution in [-0.4, -0.2) is 6.71 Å². The van der Waals surface area contributed by atoms with E-state index in [4.69, 9.17) is 0 Å². The minimum absolute atomic E-state index is 0.00295. The van der Waals surface area contributed by atoms with Crippen LogP contribution in [0.25, 0.3) is 10.1 Å². The number of hydrogen-bond donors (Lipinski definition) is 0. The summed E-state index contributed by atoms with van der Waals surface area (Å²) >= 11 is 2.02. The second-order valence-corrected chi connectivity index (χ2v) is 31.7. The van der Waals surface area contributed by atoms with E-state index in [0.29, 0.717) is 0 Å². The van der Waals surface area contributed by atoms with Gasteiger partial charge in [0, 0.05) is 43.3 Å². The van der Waals surface area contributed by atoms with Gasteiger partial charge >= 0.3 is 0 Å². The fourth-order valence-electron chi connectivity index (χ4n) is 16.2. The molecule has 0 fully saturated rings. The van der Waals surface area contributed by atoms with Crippen molar-refractivity contribution in [2.45, 2.75) is 161 Å². The lowest BCUT2D eigenvalue weighted by Gasteiger charge is -2.49. The average Bonchev–Trinajstić information content (AvgIpc) is 1.05. The Morgan fingerprint density at radius 3 is 1.40 bits per heavy atom. The largest absolute Gasteiger partial charge is 0.311 e. The van der Waals surface area contributed by atoms with Gasteiger partial charge in [-0.05, 0) is 191 Å². The van der Waals surface area contributed by atoms with Crippen molar-refractivity contribution >= 4 is 95.0 Å². The Morgan fingerprint density at radius 1 is 0.372 bits per heavy atom. The van der Waals surface area contributed by atoms with E-state index in [0.717, 1.165) is 24.9 Å². The molecule has 10 aromatic rings. The summed E-state index contributed by atoms with van der Waals surface area (Å²) in [6.07, 6.45) is 4.61. The van der Waals surface area contributed by atoms with Crippen LogP contribution >= 0.6 is 11.3 Å². The molecule has 0 saturated carbocycles. The van der Waals surface area contributed by atoms with Gasteiger partial charge < -0.3 is 14.7 Å². The predicted octanol–water partition coefficient (Wildman–Crippen LogP) is 20.4. The number of thiophene rings is 1. The number of rotatable bonds is 5. The van der Waals surface area contributed by atoms with Gasteiger partial charge in [0.15, 0.2) is 0 Å². The second-order valence-electron chi connectivity index (χ2n) is 30.6. The number of para-hydroxylation sites is 2. The van der Waals surface area contributed by atoms with Crippen molar-refractivity contribution in [1.29, 1.82) is 0 Å². The Balaban J connectivity index is 1.11. The van der Waals surface area contributed by atoms with Crippen molar-refractivity contribution in [3.63, 3.8) is 0 Å². The van der Waals surface area contributed by atoms with E-state index in [1.54, 1.807) is 0 Å². The highest BCUT2D eigenvalue weighted by molar-refractivity contribution is 7.33. The van der Waals surface area contributed by atoms with E-state index < -0.39 is 5.41 Å². The van der Waals surface area contributed by atoms with Crippen molar-refractivity contribution in [2.24, 2.45) is 0 Å². The van der Waals surface area contributed by atoms with Crippen molar-refractivity contribution < 1.29 is 0 Å². The van der Waals surface area contributed by atoms with Crippen LogP contribution in [0.1, 0.15) is 178 Å². The molecule has 2 aliphatic carbocycles. The van der Waals surface area contributed by atoms with Crippen LogP contribution in [-0.2, 0) is 37.9 Å². The summed E-state index contributed by atoms with van der Waals surface area (Å²) < 4.78 is 2.74. The SMILES string of the molecule is CC(C)(C)c1ccc(N2c3cc(N4c5ccccc5C(c5ccccc5)(c5ccccc5)c5ccccc54)cc4c3B(c3cc5c(cc3N4c3ccc4c(c3)C(C)(C)CCC4(C)C)C(C)(C)CCC5(C)C)c3sc4ccc(C(C)(C)C)cc4c32)cc1. The van der Waals surface area contributed by atoms with Crippen molar-refractivity contribution in [1.82, 2.24) is 0 Å². The summed E-state index contributed by atoms with van der Waals surface area (Å²) in [6, 6.07) is 76.4. The quantitative estimate of drug-likeness (QED) is 0.159. The van der Waals surface area contributed by atoms with Gasteiger partial charge in [0.05, 0.1) is 28.2 Å². The Kier molecular flexibility index (Phi) is 12.0. The van der Waals surface area contributed by atoms with Gasteiger partial charge in [-0.3, -0.25) is 0 Å². The molecular formula is C81H82BN3S. The van der Waals surface area contributed by atoms with Gasteiger partial charge in [-0.1, -0.05) is 224 Å². The molecule has 4 heterocycles. The minimum atomic E-state index is -0.607. The fourth-order valence-corrected chi connectivity index (χ4v) is 17.5. The first-order valence-corrected chi connectivity index (χ1v) is 32.6. The lowest BCUT2D eigenvalue weighted by molar-refractivity contribution is 0.332. The lowest BCUT2D eigenvalue weighted by atomic mass is 9.35. The van der Waals surface area contributed by atoms with E-state index in [2.05, 4.69) is 306 Å². The van der Waals surface area contributed by atoms with E-state index >= 15 is 0 Å². The first-order valence-electron chi connectivity index (χ1n) is 31.8. The third-order valence-corrected chi connectivity index (χ3v) is 22.6. The first-order chi connectivity index (χ1) is 40.9. The standard InChI is InChI=1S/C81H82BN3S/c1-75(2,3)51-33-36-55(37-34-51)85-70-48-57(84-66-31-23-21-29-60(66)81(52-25-17-15-18-26-52,53-27-19-16-20-28-53)61-30-22-24-32-67(61)84)47-69-72(70)82(74-73(85)58-45-54(76(4,5)6)35-40-71(58)86-74)65-49-63-64(80(13,14)44-43-79(63,11)12)50-68(65)83(69)56-38-39-59-62(46-56)78(9,10)42-41-77(59,7)8/h15-40,45-50H,41-44H2,1-14H3. The van der Waals surface area contributed by atoms with E-state index in [-0.39, 0.29) is 39.2 Å². The third-order valence-electron chi connectivity index (χ3n) is 21.3. The van der Waals surface area contributed by atoms with Crippen LogP contribution in [0.4, 0.5) is 51.2 Å².